The van der Waals surface area contributed by atoms with Gasteiger partial charge in [-0.2, -0.15) is 0 Å². The molecule has 0 atom stereocenters. The van der Waals surface area contributed by atoms with E-state index >= 15 is 0 Å². The van der Waals surface area contributed by atoms with Crippen molar-refractivity contribution >= 4 is 5.91 Å². The highest BCUT2D eigenvalue weighted by molar-refractivity contribution is 5.98. The molecule has 0 unspecified atom stereocenters. The molecule has 3 heterocycles. The third-order valence-corrected chi connectivity index (χ3v) is 5.21. The minimum absolute atomic E-state index is 0.151. The van der Waals surface area contributed by atoms with E-state index in [4.69, 9.17) is 0 Å². The first kappa shape index (κ1) is 18.3. The second kappa shape index (κ2) is 7.86. The number of carbonyl (C=O) groups is 1. The third-order valence-electron chi connectivity index (χ3n) is 5.21. The van der Waals surface area contributed by atoms with Crippen LogP contribution >= 0.6 is 0 Å². The fourth-order valence-corrected chi connectivity index (χ4v) is 3.64. The van der Waals surface area contributed by atoms with Crippen molar-refractivity contribution in [1.29, 1.82) is 0 Å². The lowest BCUT2D eigenvalue weighted by molar-refractivity contribution is -0.0163. The van der Waals surface area contributed by atoms with Crippen LogP contribution in [0.2, 0.25) is 0 Å². The van der Waals surface area contributed by atoms with Crippen molar-refractivity contribution in [1.82, 2.24) is 19.9 Å². The Kier molecular flexibility index (Phi) is 5.12. The zero-order valence-corrected chi connectivity index (χ0v) is 15.5. The molecule has 4 rings (SSSR count). The molecule has 1 aliphatic rings. The van der Waals surface area contributed by atoms with E-state index in [0.29, 0.717) is 43.7 Å². The van der Waals surface area contributed by atoms with Crippen LogP contribution < -0.4 is 0 Å². The summed E-state index contributed by atoms with van der Waals surface area (Å²) in [6.07, 6.45) is 8.14. The summed E-state index contributed by atoms with van der Waals surface area (Å²) < 4.78 is 0. The van der Waals surface area contributed by atoms with Crippen LogP contribution in [-0.4, -0.2) is 49.6 Å². The van der Waals surface area contributed by atoms with E-state index in [0.717, 1.165) is 11.1 Å². The summed E-state index contributed by atoms with van der Waals surface area (Å²) in [6.45, 7) is 0.989. The van der Waals surface area contributed by atoms with E-state index in [1.54, 1.807) is 23.5 Å². The largest absolute Gasteiger partial charge is 0.389 e. The number of pyridine rings is 1. The van der Waals surface area contributed by atoms with Gasteiger partial charge in [-0.15, -0.1) is 0 Å². The smallest absolute Gasteiger partial charge is 0.274 e. The molecular formula is C22H22N4O2. The molecule has 6 nitrogen and oxygen atoms in total. The lowest BCUT2D eigenvalue weighted by atomic mass is 9.85. The molecule has 1 aliphatic heterocycles. The van der Waals surface area contributed by atoms with Crippen molar-refractivity contribution in [3.05, 3.63) is 78.5 Å². The van der Waals surface area contributed by atoms with Crippen LogP contribution in [0.15, 0.2) is 67.3 Å². The second-order valence-electron chi connectivity index (χ2n) is 7.17. The summed E-state index contributed by atoms with van der Waals surface area (Å²) in [5.41, 5.74) is 2.03. The Labute approximate surface area is 163 Å². The lowest BCUT2D eigenvalue weighted by Crippen LogP contribution is -2.48. The molecule has 1 fully saturated rings. The maximum atomic E-state index is 13.1. The number of rotatable bonds is 4. The third kappa shape index (κ3) is 3.92. The Morgan fingerprint density at radius 3 is 2.36 bits per heavy atom. The predicted molar refractivity (Wildman–Crippen MR) is 105 cm³/mol. The highest BCUT2D eigenvalue weighted by Crippen LogP contribution is 2.28. The highest BCUT2D eigenvalue weighted by atomic mass is 16.3. The van der Waals surface area contributed by atoms with Gasteiger partial charge in [0.25, 0.3) is 5.91 Å². The number of aliphatic hydroxyl groups is 1. The van der Waals surface area contributed by atoms with Crippen LogP contribution in [0.3, 0.4) is 0 Å². The standard InChI is InChI=1S/C22H22N4O2/c27-21(20-19(24-12-13-25-20)18-6-10-23-11-7-18)26-14-8-22(28,9-15-26)16-17-4-2-1-3-5-17/h1-7,10-13,28H,8-9,14-16H2. The molecule has 28 heavy (non-hydrogen) atoms. The molecule has 0 radical (unpaired) electrons. The maximum absolute atomic E-state index is 13.1. The van der Waals surface area contributed by atoms with Crippen LogP contribution in [0.4, 0.5) is 0 Å². The van der Waals surface area contributed by atoms with Crippen LogP contribution in [-0.2, 0) is 6.42 Å². The van der Waals surface area contributed by atoms with Gasteiger partial charge in [0.15, 0.2) is 5.69 Å². The molecule has 0 saturated carbocycles. The molecule has 0 aliphatic carbocycles. The van der Waals surface area contributed by atoms with Crippen LogP contribution in [0.5, 0.6) is 0 Å². The first-order valence-corrected chi connectivity index (χ1v) is 9.42. The van der Waals surface area contributed by atoms with E-state index in [1.807, 2.05) is 42.5 Å². The number of amides is 1. The first-order valence-electron chi connectivity index (χ1n) is 9.42. The highest BCUT2D eigenvalue weighted by Gasteiger charge is 2.35. The molecule has 1 saturated heterocycles. The fourth-order valence-electron chi connectivity index (χ4n) is 3.64. The number of hydrogen-bond acceptors (Lipinski definition) is 5. The molecule has 1 amide bonds. The molecule has 0 bridgehead atoms. The average molecular weight is 374 g/mol. The Bertz CT molecular complexity index is 939. The van der Waals surface area contributed by atoms with Crippen molar-refractivity contribution in [2.75, 3.05) is 13.1 Å². The van der Waals surface area contributed by atoms with Gasteiger partial charge in [-0.3, -0.25) is 14.8 Å². The summed E-state index contributed by atoms with van der Waals surface area (Å²) in [6, 6.07) is 13.6. The van der Waals surface area contributed by atoms with Gasteiger partial charge in [0.1, 0.15) is 5.69 Å². The Morgan fingerprint density at radius 1 is 0.964 bits per heavy atom. The van der Waals surface area contributed by atoms with Crippen LogP contribution in [0.1, 0.15) is 28.9 Å². The summed E-state index contributed by atoms with van der Waals surface area (Å²) >= 11 is 0. The monoisotopic (exact) mass is 374 g/mol. The van der Waals surface area contributed by atoms with E-state index < -0.39 is 5.60 Å². The van der Waals surface area contributed by atoms with Gasteiger partial charge in [0.2, 0.25) is 0 Å². The van der Waals surface area contributed by atoms with Gasteiger partial charge in [0, 0.05) is 49.9 Å². The number of carbonyl (C=O) groups excluding carboxylic acids is 1. The van der Waals surface area contributed by atoms with Gasteiger partial charge in [-0.05, 0) is 30.5 Å². The van der Waals surface area contributed by atoms with Crippen molar-refractivity contribution < 1.29 is 9.90 Å². The molecule has 3 aromatic rings. The van der Waals surface area contributed by atoms with Crippen molar-refractivity contribution in [2.45, 2.75) is 24.9 Å². The number of likely N-dealkylation sites (tertiary alicyclic amines) is 1. The second-order valence-corrected chi connectivity index (χ2v) is 7.17. The van der Waals surface area contributed by atoms with E-state index in [-0.39, 0.29) is 5.91 Å². The Morgan fingerprint density at radius 2 is 1.64 bits per heavy atom. The molecule has 0 spiro atoms. The van der Waals surface area contributed by atoms with Gasteiger partial charge in [-0.1, -0.05) is 30.3 Å². The molecule has 142 valence electrons. The van der Waals surface area contributed by atoms with Gasteiger partial charge >= 0.3 is 0 Å². The normalized spacial score (nSPS) is 16.0. The minimum Gasteiger partial charge on any atom is -0.389 e. The predicted octanol–water partition coefficient (Wildman–Crippen LogP) is 2.75. The van der Waals surface area contributed by atoms with E-state index in [2.05, 4.69) is 15.0 Å². The van der Waals surface area contributed by atoms with E-state index in [9.17, 15) is 9.90 Å². The van der Waals surface area contributed by atoms with Crippen LogP contribution in [0.25, 0.3) is 11.3 Å². The molecule has 6 heteroatoms. The molecule has 1 N–H and O–H groups in total. The Hall–Kier alpha value is -3.12. The lowest BCUT2D eigenvalue weighted by Gasteiger charge is -2.38. The zero-order chi connectivity index (χ0) is 19.4. The summed E-state index contributed by atoms with van der Waals surface area (Å²) in [5, 5.41) is 11.0. The summed E-state index contributed by atoms with van der Waals surface area (Å²) in [4.78, 5) is 27.5. The minimum atomic E-state index is -0.783. The van der Waals surface area contributed by atoms with Crippen molar-refractivity contribution in [3.8, 4) is 11.3 Å². The van der Waals surface area contributed by atoms with E-state index in [1.165, 1.54) is 6.20 Å². The van der Waals surface area contributed by atoms with Gasteiger partial charge in [0.05, 0.1) is 5.60 Å². The number of nitrogens with zero attached hydrogens (tertiary/aromatic N) is 4. The number of benzene rings is 1. The van der Waals surface area contributed by atoms with Crippen molar-refractivity contribution in [2.24, 2.45) is 0 Å². The first-order chi connectivity index (χ1) is 13.6. The maximum Gasteiger partial charge on any atom is 0.274 e. The summed E-state index contributed by atoms with van der Waals surface area (Å²) in [7, 11) is 0. The molecule has 1 aromatic carbocycles. The summed E-state index contributed by atoms with van der Waals surface area (Å²) in [5.74, 6) is -0.151. The SMILES string of the molecule is O=C(c1nccnc1-c1ccncc1)N1CCC(O)(Cc2ccccc2)CC1. The Balaban J connectivity index is 1.48. The molecular weight excluding hydrogens is 352 g/mol. The zero-order valence-electron chi connectivity index (χ0n) is 15.5. The number of aromatic nitrogens is 3. The average Bonchev–Trinajstić information content (AvgIpc) is 2.75. The topological polar surface area (TPSA) is 79.2 Å². The van der Waals surface area contributed by atoms with Crippen LogP contribution in [0, 0.1) is 0 Å². The number of piperidine rings is 1. The van der Waals surface area contributed by atoms with Gasteiger partial charge < -0.3 is 10.0 Å². The van der Waals surface area contributed by atoms with Crippen molar-refractivity contribution in [3.63, 3.8) is 0 Å². The quantitative estimate of drug-likeness (QED) is 0.760. The number of hydrogen-bond donors (Lipinski definition) is 1. The fraction of sp³-hybridized carbons (Fsp3) is 0.273. The van der Waals surface area contributed by atoms with Gasteiger partial charge in [-0.25, -0.2) is 4.98 Å². The molecule has 2 aromatic heterocycles.